The number of benzene rings is 1. The Labute approximate surface area is 163 Å². The molecule has 1 aliphatic carbocycles. The van der Waals surface area contributed by atoms with Gasteiger partial charge in [0.15, 0.2) is 0 Å². The van der Waals surface area contributed by atoms with Crippen LogP contribution in [0, 0.1) is 11.3 Å². The van der Waals surface area contributed by atoms with Crippen LogP contribution < -0.4 is 16.0 Å². The van der Waals surface area contributed by atoms with E-state index in [9.17, 15) is 9.59 Å². The van der Waals surface area contributed by atoms with E-state index < -0.39 is 0 Å². The maximum absolute atomic E-state index is 12.7. The van der Waals surface area contributed by atoms with Crippen LogP contribution >= 0.6 is 28.3 Å². The number of carbonyl (C=O) groups excluding carboxylic acids is 2. The monoisotopic (exact) mass is 429 g/mol. The van der Waals surface area contributed by atoms with Crippen LogP contribution in [-0.2, 0) is 4.79 Å². The van der Waals surface area contributed by atoms with E-state index in [4.69, 9.17) is 0 Å². The summed E-state index contributed by atoms with van der Waals surface area (Å²) >= 11 is 3.35. The molecule has 2 fully saturated rings. The van der Waals surface area contributed by atoms with Crippen molar-refractivity contribution in [3.05, 3.63) is 34.3 Å². The summed E-state index contributed by atoms with van der Waals surface area (Å²) < 4.78 is 0.942. The molecule has 3 N–H and O–H groups in total. The Balaban J connectivity index is 0.00000225. The average Bonchev–Trinajstić information content (AvgIpc) is 3.04. The van der Waals surface area contributed by atoms with Gasteiger partial charge in [0, 0.05) is 29.7 Å². The van der Waals surface area contributed by atoms with Gasteiger partial charge in [-0.1, -0.05) is 28.8 Å². The first kappa shape index (κ1) is 20.2. The molecule has 1 aromatic carbocycles. The highest BCUT2D eigenvalue weighted by Gasteiger charge is 2.49. The van der Waals surface area contributed by atoms with Crippen LogP contribution in [0.2, 0.25) is 0 Å². The van der Waals surface area contributed by atoms with Gasteiger partial charge in [0.05, 0.1) is 5.41 Å². The zero-order valence-electron chi connectivity index (χ0n) is 14.1. The van der Waals surface area contributed by atoms with Gasteiger partial charge in [0.2, 0.25) is 5.91 Å². The summed E-state index contributed by atoms with van der Waals surface area (Å²) in [7, 11) is 0. The van der Waals surface area contributed by atoms with E-state index in [1.807, 2.05) is 12.1 Å². The second-order valence-corrected chi connectivity index (χ2v) is 7.66. The first-order chi connectivity index (χ1) is 11.6. The fraction of sp³-hybridized carbons (Fsp3) is 0.556. The van der Waals surface area contributed by atoms with Crippen LogP contribution in [0.15, 0.2) is 28.7 Å². The molecule has 7 heteroatoms. The van der Waals surface area contributed by atoms with E-state index in [0.29, 0.717) is 24.6 Å². The molecule has 138 valence electrons. The average molecular weight is 431 g/mol. The highest BCUT2D eigenvalue weighted by Crippen LogP contribution is 2.43. The maximum Gasteiger partial charge on any atom is 0.251 e. The molecule has 1 aromatic rings. The van der Waals surface area contributed by atoms with Crippen molar-refractivity contribution in [3.63, 3.8) is 0 Å². The molecular formula is C18H25BrClN3O2. The summed E-state index contributed by atoms with van der Waals surface area (Å²) in [5, 5.41) is 9.27. The largest absolute Gasteiger partial charge is 0.354 e. The highest BCUT2D eigenvalue weighted by molar-refractivity contribution is 9.10. The van der Waals surface area contributed by atoms with E-state index >= 15 is 0 Å². The highest BCUT2D eigenvalue weighted by atomic mass is 79.9. The van der Waals surface area contributed by atoms with Crippen molar-refractivity contribution in [2.75, 3.05) is 26.2 Å². The first-order valence-electron chi connectivity index (χ1n) is 8.65. The lowest BCUT2D eigenvalue weighted by molar-refractivity contribution is -0.133. The van der Waals surface area contributed by atoms with Crippen LogP contribution in [0.25, 0.3) is 0 Å². The molecule has 1 heterocycles. The number of hydrogen-bond acceptors (Lipinski definition) is 3. The topological polar surface area (TPSA) is 70.2 Å². The molecule has 0 bridgehead atoms. The summed E-state index contributed by atoms with van der Waals surface area (Å²) in [5.74, 6) is 0.492. The van der Waals surface area contributed by atoms with E-state index in [2.05, 4.69) is 31.9 Å². The van der Waals surface area contributed by atoms with Gasteiger partial charge in [-0.25, -0.2) is 0 Å². The lowest BCUT2D eigenvalue weighted by Gasteiger charge is -2.37. The van der Waals surface area contributed by atoms with E-state index in [-0.39, 0.29) is 29.6 Å². The predicted molar refractivity (Wildman–Crippen MR) is 104 cm³/mol. The number of amides is 2. The summed E-state index contributed by atoms with van der Waals surface area (Å²) in [4.78, 5) is 24.7. The summed E-state index contributed by atoms with van der Waals surface area (Å²) in [5.41, 5.74) is 0.393. The molecule has 2 atom stereocenters. The lowest BCUT2D eigenvalue weighted by Crippen LogP contribution is -2.49. The molecule has 1 saturated heterocycles. The molecule has 0 spiro atoms. The number of carbonyl (C=O) groups is 2. The Morgan fingerprint density at radius 1 is 1.16 bits per heavy atom. The number of halogens is 2. The first-order valence-corrected chi connectivity index (χ1v) is 9.44. The third-order valence-corrected chi connectivity index (χ3v) is 5.82. The third kappa shape index (κ3) is 4.54. The SMILES string of the molecule is Cl.O=C(NCCNC(=O)[C@@]12CCCC[C@H]1CNC2)c1ccc(Br)cc1. The molecule has 2 aliphatic rings. The minimum absolute atomic E-state index is 0. The van der Waals surface area contributed by atoms with Gasteiger partial charge in [-0.05, 0) is 49.6 Å². The van der Waals surface area contributed by atoms with Crippen molar-refractivity contribution in [2.45, 2.75) is 25.7 Å². The van der Waals surface area contributed by atoms with Crippen LogP contribution in [-0.4, -0.2) is 38.0 Å². The van der Waals surface area contributed by atoms with Crippen molar-refractivity contribution in [1.29, 1.82) is 0 Å². The zero-order valence-corrected chi connectivity index (χ0v) is 16.5. The molecule has 1 aliphatic heterocycles. The van der Waals surface area contributed by atoms with Crippen molar-refractivity contribution in [3.8, 4) is 0 Å². The fourth-order valence-electron chi connectivity index (χ4n) is 3.92. The van der Waals surface area contributed by atoms with Gasteiger partial charge in [0.1, 0.15) is 0 Å². The van der Waals surface area contributed by atoms with Crippen LogP contribution in [0.4, 0.5) is 0 Å². The molecule has 0 unspecified atom stereocenters. The number of fused-ring (bicyclic) bond motifs is 1. The van der Waals surface area contributed by atoms with E-state index in [0.717, 1.165) is 36.8 Å². The van der Waals surface area contributed by atoms with Gasteiger partial charge in [-0.3, -0.25) is 9.59 Å². The van der Waals surface area contributed by atoms with Crippen molar-refractivity contribution in [2.24, 2.45) is 11.3 Å². The molecule has 25 heavy (non-hydrogen) atoms. The van der Waals surface area contributed by atoms with Crippen LogP contribution in [0.5, 0.6) is 0 Å². The van der Waals surface area contributed by atoms with Crippen molar-refractivity contribution < 1.29 is 9.59 Å². The molecule has 0 radical (unpaired) electrons. The molecular weight excluding hydrogens is 406 g/mol. The van der Waals surface area contributed by atoms with Gasteiger partial charge >= 0.3 is 0 Å². The Morgan fingerprint density at radius 3 is 2.64 bits per heavy atom. The van der Waals surface area contributed by atoms with Crippen LogP contribution in [0.1, 0.15) is 36.0 Å². The predicted octanol–water partition coefficient (Wildman–Crippen LogP) is 2.50. The normalized spacial score (nSPS) is 24.8. The minimum atomic E-state index is -0.228. The number of rotatable bonds is 5. The van der Waals surface area contributed by atoms with Crippen molar-refractivity contribution in [1.82, 2.24) is 16.0 Å². The van der Waals surface area contributed by atoms with E-state index in [1.165, 1.54) is 6.42 Å². The number of nitrogens with one attached hydrogen (secondary N) is 3. The Morgan fingerprint density at radius 2 is 1.88 bits per heavy atom. The number of hydrogen-bond donors (Lipinski definition) is 3. The van der Waals surface area contributed by atoms with Gasteiger partial charge in [-0.15, -0.1) is 12.4 Å². The summed E-state index contributed by atoms with van der Waals surface area (Å²) in [6.45, 7) is 2.65. The van der Waals surface area contributed by atoms with Gasteiger partial charge in [-0.2, -0.15) is 0 Å². The quantitative estimate of drug-likeness (QED) is 0.629. The van der Waals surface area contributed by atoms with Crippen LogP contribution in [0.3, 0.4) is 0 Å². The molecule has 3 rings (SSSR count). The second kappa shape index (κ2) is 9.01. The summed E-state index contributed by atoms with van der Waals surface area (Å²) in [6, 6.07) is 7.22. The third-order valence-electron chi connectivity index (χ3n) is 5.29. The molecule has 0 aromatic heterocycles. The fourth-order valence-corrected chi connectivity index (χ4v) is 4.19. The molecule has 2 amide bonds. The minimum Gasteiger partial charge on any atom is -0.354 e. The molecule has 1 saturated carbocycles. The Kier molecular flexibility index (Phi) is 7.28. The molecule has 5 nitrogen and oxygen atoms in total. The van der Waals surface area contributed by atoms with Crippen molar-refractivity contribution >= 4 is 40.2 Å². The zero-order chi connectivity index (χ0) is 17.0. The Bertz CT molecular complexity index is 611. The van der Waals surface area contributed by atoms with Gasteiger partial charge < -0.3 is 16.0 Å². The second-order valence-electron chi connectivity index (χ2n) is 6.75. The maximum atomic E-state index is 12.7. The van der Waals surface area contributed by atoms with E-state index in [1.54, 1.807) is 12.1 Å². The standard InChI is InChI=1S/C18H24BrN3O2.ClH/c19-15-6-4-13(5-7-15)16(23)21-9-10-22-17(24)18-8-2-1-3-14(18)11-20-12-18;/h4-7,14,20H,1-3,8-12H2,(H,21,23)(H,22,24);1H/t14-,18+;/m0./s1. The van der Waals surface area contributed by atoms with Gasteiger partial charge in [0.25, 0.3) is 5.91 Å². The summed E-state index contributed by atoms with van der Waals surface area (Å²) in [6.07, 6.45) is 4.47. The smallest absolute Gasteiger partial charge is 0.251 e. The Hall–Kier alpha value is -1.11. The lowest BCUT2D eigenvalue weighted by atomic mass is 9.67.